The van der Waals surface area contributed by atoms with Crippen LogP contribution >= 0.6 is 0 Å². The standard InChI is InChI=1S/C13H19NO6/c1-7(15)8-5-6-9(11(17)18)14(10(8)16)12(19)20-13(2,3)4/h8-9H,5-6H2,1-4H3,(H,17,18). The molecule has 7 nitrogen and oxygen atoms in total. The number of hydrogen-bond donors (Lipinski definition) is 1. The van der Waals surface area contributed by atoms with Crippen molar-refractivity contribution in [2.45, 2.75) is 52.2 Å². The van der Waals surface area contributed by atoms with Crippen LogP contribution in [0.3, 0.4) is 0 Å². The zero-order chi connectivity index (χ0) is 15.7. The molecule has 1 aliphatic rings. The molecule has 1 N–H and O–H groups in total. The van der Waals surface area contributed by atoms with Crippen molar-refractivity contribution in [1.29, 1.82) is 0 Å². The molecule has 0 spiro atoms. The number of piperidine rings is 1. The second-order valence-electron chi connectivity index (χ2n) is 5.78. The fraction of sp³-hybridized carbons (Fsp3) is 0.692. The van der Waals surface area contributed by atoms with Crippen molar-refractivity contribution in [2.75, 3.05) is 0 Å². The predicted molar refractivity (Wildman–Crippen MR) is 67.9 cm³/mol. The first-order chi connectivity index (χ1) is 9.04. The Balaban J connectivity index is 3.05. The highest BCUT2D eigenvalue weighted by Gasteiger charge is 2.45. The van der Waals surface area contributed by atoms with E-state index in [1.165, 1.54) is 6.92 Å². The molecule has 0 aromatic carbocycles. The van der Waals surface area contributed by atoms with Gasteiger partial charge in [0.05, 0.1) is 5.92 Å². The number of imide groups is 1. The zero-order valence-electron chi connectivity index (χ0n) is 12.0. The van der Waals surface area contributed by atoms with Crippen molar-refractivity contribution in [3.63, 3.8) is 0 Å². The molecule has 2 atom stereocenters. The van der Waals surface area contributed by atoms with Gasteiger partial charge in [0.25, 0.3) is 0 Å². The molecule has 7 heteroatoms. The Kier molecular flexibility index (Phi) is 4.52. The molecule has 1 heterocycles. The zero-order valence-corrected chi connectivity index (χ0v) is 12.0. The van der Waals surface area contributed by atoms with E-state index in [1.54, 1.807) is 20.8 Å². The van der Waals surface area contributed by atoms with E-state index in [9.17, 15) is 19.2 Å². The van der Waals surface area contributed by atoms with Crippen LogP contribution in [0.5, 0.6) is 0 Å². The molecule has 1 aliphatic heterocycles. The van der Waals surface area contributed by atoms with E-state index in [2.05, 4.69) is 0 Å². The number of carboxylic acid groups (broad SMARTS) is 1. The molecule has 2 amide bonds. The van der Waals surface area contributed by atoms with Crippen LogP contribution in [-0.4, -0.2) is 45.4 Å². The van der Waals surface area contributed by atoms with Crippen LogP contribution in [0.15, 0.2) is 0 Å². The first-order valence-corrected chi connectivity index (χ1v) is 6.34. The lowest BCUT2D eigenvalue weighted by atomic mass is 9.89. The van der Waals surface area contributed by atoms with Crippen LogP contribution in [0.25, 0.3) is 0 Å². The van der Waals surface area contributed by atoms with E-state index in [0.717, 1.165) is 0 Å². The Morgan fingerprint density at radius 3 is 2.20 bits per heavy atom. The van der Waals surface area contributed by atoms with Gasteiger partial charge in [-0.2, -0.15) is 0 Å². The summed E-state index contributed by atoms with van der Waals surface area (Å²) in [6.07, 6.45) is -0.851. The van der Waals surface area contributed by atoms with Crippen molar-refractivity contribution in [1.82, 2.24) is 4.90 Å². The molecule has 1 rings (SSSR count). The van der Waals surface area contributed by atoms with Crippen molar-refractivity contribution >= 4 is 23.8 Å². The van der Waals surface area contributed by atoms with Crippen LogP contribution in [0.1, 0.15) is 40.5 Å². The number of Topliss-reactive ketones (excluding diaryl/α,β-unsaturated/α-hetero) is 1. The van der Waals surface area contributed by atoms with Gasteiger partial charge in [0.1, 0.15) is 17.4 Å². The van der Waals surface area contributed by atoms with Crippen molar-refractivity contribution in [3.05, 3.63) is 0 Å². The number of ether oxygens (including phenoxy) is 1. The normalized spacial score (nSPS) is 23.4. The van der Waals surface area contributed by atoms with Crippen molar-refractivity contribution in [2.24, 2.45) is 5.92 Å². The molecule has 1 fully saturated rings. The molecule has 0 radical (unpaired) electrons. The quantitative estimate of drug-likeness (QED) is 0.765. The third-order valence-corrected chi connectivity index (χ3v) is 2.94. The van der Waals surface area contributed by atoms with Gasteiger partial charge < -0.3 is 9.84 Å². The Morgan fingerprint density at radius 1 is 1.25 bits per heavy atom. The molecular weight excluding hydrogens is 266 g/mol. The molecule has 0 aromatic rings. The Hall–Kier alpha value is -1.92. The van der Waals surface area contributed by atoms with Gasteiger partial charge in [-0.3, -0.25) is 9.59 Å². The number of carbonyl (C=O) groups excluding carboxylic acids is 3. The van der Waals surface area contributed by atoms with E-state index in [-0.39, 0.29) is 18.6 Å². The van der Waals surface area contributed by atoms with Gasteiger partial charge in [0, 0.05) is 0 Å². The highest BCUT2D eigenvalue weighted by molar-refractivity contribution is 6.07. The van der Waals surface area contributed by atoms with E-state index < -0.39 is 35.5 Å². The maximum absolute atomic E-state index is 12.2. The number of hydrogen-bond acceptors (Lipinski definition) is 5. The second kappa shape index (κ2) is 5.60. The van der Waals surface area contributed by atoms with Gasteiger partial charge in [-0.15, -0.1) is 0 Å². The predicted octanol–water partition coefficient (Wildman–Crippen LogP) is 1.20. The minimum Gasteiger partial charge on any atom is -0.480 e. The average molecular weight is 285 g/mol. The van der Waals surface area contributed by atoms with E-state index in [0.29, 0.717) is 4.90 Å². The van der Waals surface area contributed by atoms with E-state index in [4.69, 9.17) is 9.84 Å². The van der Waals surface area contributed by atoms with Gasteiger partial charge in [0.15, 0.2) is 0 Å². The van der Waals surface area contributed by atoms with Crippen LogP contribution < -0.4 is 0 Å². The third kappa shape index (κ3) is 3.55. The Morgan fingerprint density at radius 2 is 1.80 bits per heavy atom. The maximum atomic E-state index is 12.2. The fourth-order valence-electron chi connectivity index (χ4n) is 2.04. The second-order valence-corrected chi connectivity index (χ2v) is 5.78. The van der Waals surface area contributed by atoms with E-state index in [1.807, 2.05) is 0 Å². The van der Waals surface area contributed by atoms with Gasteiger partial charge in [-0.1, -0.05) is 0 Å². The Bertz CT molecular complexity index is 450. The number of ketones is 1. The largest absolute Gasteiger partial charge is 0.480 e. The molecule has 1 saturated heterocycles. The smallest absolute Gasteiger partial charge is 0.417 e. The highest BCUT2D eigenvalue weighted by Crippen LogP contribution is 2.26. The maximum Gasteiger partial charge on any atom is 0.417 e. The first-order valence-electron chi connectivity index (χ1n) is 6.34. The summed E-state index contributed by atoms with van der Waals surface area (Å²) in [4.78, 5) is 47.3. The monoisotopic (exact) mass is 285 g/mol. The summed E-state index contributed by atoms with van der Waals surface area (Å²) >= 11 is 0. The lowest BCUT2D eigenvalue weighted by Gasteiger charge is -2.35. The van der Waals surface area contributed by atoms with Gasteiger partial charge in [-0.25, -0.2) is 14.5 Å². The van der Waals surface area contributed by atoms with Crippen molar-refractivity contribution < 1.29 is 29.0 Å². The lowest BCUT2D eigenvalue weighted by Crippen LogP contribution is -2.56. The minimum absolute atomic E-state index is 0.0462. The number of nitrogens with zero attached hydrogens (tertiary/aromatic N) is 1. The Labute approximate surface area is 116 Å². The summed E-state index contributed by atoms with van der Waals surface area (Å²) < 4.78 is 5.05. The number of amides is 2. The molecule has 0 aliphatic carbocycles. The number of carboxylic acids is 1. The van der Waals surface area contributed by atoms with Crippen LogP contribution in [0, 0.1) is 5.92 Å². The molecule has 2 unspecified atom stereocenters. The fourth-order valence-corrected chi connectivity index (χ4v) is 2.04. The molecule has 0 saturated carbocycles. The van der Waals surface area contributed by atoms with Gasteiger partial charge in [-0.05, 0) is 40.5 Å². The minimum atomic E-state index is -1.29. The van der Waals surface area contributed by atoms with Gasteiger partial charge >= 0.3 is 12.1 Å². The summed E-state index contributed by atoms with van der Waals surface area (Å²) in [6, 6.07) is -1.28. The number of likely N-dealkylation sites (tertiary alicyclic amines) is 1. The SMILES string of the molecule is CC(=O)C1CCC(C(=O)O)N(C(=O)OC(C)(C)C)C1=O. The summed E-state index contributed by atoms with van der Waals surface area (Å²) in [5.74, 6) is -3.44. The summed E-state index contributed by atoms with van der Waals surface area (Å²) in [6.45, 7) is 6.07. The summed E-state index contributed by atoms with van der Waals surface area (Å²) in [7, 11) is 0. The number of rotatable bonds is 2. The van der Waals surface area contributed by atoms with Crippen LogP contribution in [0.2, 0.25) is 0 Å². The van der Waals surface area contributed by atoms with Crippen LogP contribution in [0.4, 0.5) is 4.79 Å². The number of carbonyl (C=O) groups is 4. The van der Waals surface area contributed by atoms with Gasteiger partial charge in [0.2, 0.25) is 5.91 Å². The first kappa shape index (κ1) is 16.1. The third-order valence-electron chi connectivity index (χ3n) is 2.94. The van der Waals surface area contributed by atoms with Crippen LogP contribution in [-0.2, 0) is 19.1 Å². The number of aliphatic carboxylic acids is 1. The topological polar surface area (TPSA) is 101 Å². The molecular formula is C13H19NO6. The summed E-state index contributed by atoms with van der Waals surface area (Å²) in [5, 5.41) is 9.11. The van der Waals surface area contributed by atoms with Crippen molar-refractivity contribution in [3.8, 4) is 0 Å². The molecule has 0 bridgehead atoms. The average Bonchev–Trinajstić information content (AvgIpc) is 2.24. The lowest BCUT2D eigenvalue weighted by molar-refractivity contribution is -0.156. The van der Waals surface area contributed by atoms with E-state index >= 15 is 0 Å². The summed E-state index contributed by atoms with van der Waals surface area (Å²) in [5.41, 5.74) is -0.858. The molecule has 20 heavy (non-hydrogen) atoms. The highest BCUT2D eigenvalue weighted by atomic mass is 16.6. The molecule has 112 valence electrons. The molecule has 0 aromatic heterocycles.